The molecule has 0 radical (unpaired) electrons. The number of likely N-dealkylation sites (tertiary alicyclic amines) is 1. The highest BCUT2D eigenvalue weighted by atomic mass is 32.1. The maximum atomic E-state index is 12.7. The van der Waals surface area contributed by atoms with Gasteiger partial charge in [-0.2, -0.15) is 5.10 Å². The average Bonchev–Trinajstić information content (AvgIpc) is 3.44. The largest absolute Gasteiger partial charge is 0.326 e. The normalized spacial score (nSPS) is 16.6. The number of nitrogens with zero attached hydrogens (tertiary/aromatic N) is 4. The molecule has 1 fully saturated rings. The minimum Gasteiger partial charge on any atom is -0.326 e. The topological polar surface area (TPSA) is 80.1 Å². The van der Waals surface area contributed by atoms with Gasteiger partial charge in [-0.1, -0.05) is 6.07 Å². The second kappa shape index (κ2) is 7.09. The minimum atomic E-state index is -0.449. The monoisotopic (exact) mass is 367 g/mol. The molecule has 8 heteroatoms. The quantitative estimate of drug-likeness (QED) is 0.769. The summed E-state index contributed by atoms with van der Waals surface area (Å²) in [6.07, 6.45) is 6.56. The van der Waals surface area contributed by atoms with Crippen LogP contribution in [-0.2, 0) is 4.79 Å². The number of anilines is 1. The molecule has 132 valence electrons. The lowest BCUT2D eigenvalue weighted by molar-refractivity contribution is -0.119. The molecule has 4 rings (SSSR count). The van der Waals surface area contributed by atoms with Crippen molar-refractivity contribution in [1.29, 1.82) is 0 Å². The van der Waals surface area contributed by atoms with E-state index in [1.807, 2.05) is 17.5 Å². The summed E-state index contributed by atoms with van der Waals surface area (Å²) >= 11 is 1.39. The van der Waals surface area contributed by atoms with E-state index >= 15 is 0 Å². The minimum absolute atomic E-state index is 0.0789. The maximum absolute atomic E-state index is 12.7. The first kappa shape index (κ1) is 16.5. The van der Waals surface area contributed by atoms with Gasteiger partial charge in [0.05, 0.1) is 16.8 Å². The van der Waals surface area contributed by atoms with Crippen LogP contribution in [0, 0.1) is 0 Å². The number of nitrogens with one attached hydrogen (secondary N) is 1. The molecule has 4 heterocycles. The molecule has 3 aromatic heterocycles. The van der Waals surface area contributed by atoms with Crippen molar-refractivity contribution in [3.05, 3.63) is 59.2 Å². The van der Waals surface area contributed by atoms with E-state index in [0.29, 0.717) is 29.3 Å². The fourth-order valence-corrected chi connectivity index (χ4v) is 3.73. The van der Waals surface area contributed by atoms with Crippen LogP contribution in [0.25, 0.3) is 5.82 Å². The summed E-state index contributed by atoms with van der Waals surface area (Å²) in [4.78, 5) is 31.9. The molecule has 0 aromatic carbocycles. The van der Waals surface area contributed by atoms with Gasteiger partial charge < -0.3 is 10.2 Å². The highest BCUT2D eigenvalue weighted by molar-refractivity contribution is 7.12. The Bertz CT molecular complexity index is 890. The van der Waals surface area contributed by atoms with Gasteiger partial charge in [0, 0.05) is 18.9 Å². The molecular formula is C18H17N5O2S. The van der Waals surface area contributed by atoms with Crippen molar-refractivity contribution in [3.63, 3.8) is 0 Å². The van der Waals surface area contributed by atoms with E-state index < -0.39 is 6.04 Å². The summed E-state index contributed by atoms with van der Waals surface area (Å²) in [7, 11) is 0. The fourth-order valence-electron chi connectivity index (χ4n) is 3.05. The Morgan fingerprint density at radius 2 is 2.15 bits per heavy atom. The van der Waals surface area contributed by atoms with Crippen molar-refractivity contribution in [1.82, 2.24) is 19.7 Å². The SMILES string of the molecule is O=C(Nc1ccc(-n2cccn2)nc1)[C@H]1CCCN1C(=O)c1cccs1. The van der Waals surface area contributed by atoms with Crippen LogP contribution in [0.15, 0.2) is 54.3 Å². The molecule has 0 bridgehead atoms. The van der Waals surface area contributed by atoms with E-state index in [0.717, 1.165) is 6.42 Å². The molecular weight excluding hydrogens is 350 g/mol. The van der Waals surface area contributed by atoms with Gasteiger partial charge in [0.2, 0.25) is 5.91 Å². The summed E-state index contributed by atoms with van der Waals surface area (Å²) in [5.41, 5.74) is 0.598. The molecule has 1 aliphatic heterocycles. The summed E-state index contributed by atoms with van der Waals surface area (Å²) in [5.74, 6) is 0.411. The highest BCUT2D eigenvalue weighted by Gasteiger charge is 2.34. The van der Waals surface area contributed by atoms with Gasteiger partial charge in [0.1, 0.15) is 6.04 Å². The lowest BCUT2D eigenvalue weighted by Crippen LogP contribution is -2.42. The Labute approximate surface area is 154 Å². The molecule has 1 aliphatic rings. The second-order valence-corrected chi connectivity index (χ2v) is 6.93. The molecule has 0 spiro atoms. The van der Waals surface area contributed by atoms with Crippen LogP contribution < -0.4 is 5.32 Å². The summed E-state index contributed by atoms with van der Waals surface area (Å²) in [5, 5.41) is 8.85. The number of hydrogen-bond acceptors (Lipinski definition) is 5. The van der Waals surface area contributed by atoms with Crippen LogP contribution in [0.1, 0.15) is 22.5 Å². The molecule has 7 nitrogen and oxygen atoms in total. The molecule has 3 aromatic rings. The Morgan fingerprint density at radius 3 is 2.85 bits per heavy atom. The first-order valence-electron chi connectivity index (χ1n) is 8.34. The van der Waals surface area contributed by atoms with Crippen molar-refractivity contribution in [2.75, 3.05) is 11.9 Å². The van der Waals surface area contributed by atoms with Crippen LogP contribution in [0.3, 0.4) is 0 Å². The van der Waals surface area contributed by atoms with E-state index in [-0.39, 0.29) is 11.8 Å². The Hall–Kier alpha value is -3.00. The fraction of sp³-hybridized carbons (Fsp3) is 0.222. The molecule has 0 unspecified atom stereocenters. The van der Waals surface area contributed by atoms with Crippen molar-refractivity contribution in [2.45, 2.75) is 18.9 Å². The lowest BCUT2D eigenvalue weighted by Gasteiger charge is -2.23. The average molecular weight is 367 g/mol. The standard InChI is InChI=1S/C18H17N5O2S/c24-17(14-4-1-9-22(14)18(25)15-5-2-11-26-15)21-13-6-7-16(19-12-13)23-10-3-8-20-23/h2-3,5-8,10-12,14H,1,4,9H2,(H,21,24)/t14-/m1/s1. The molecule has 2 amide bonds. The van der Waals surface area contributed by atoms with E-state index in [1.54, 1.807) is 46.4 Å². The van der Waals surface area contributed by atoms with Crippen LogP contribution in [0.5, 0.6) is 0 Å². The van der Waals surface area contributed by atoms with E-state index in [2.05, 4.69) is 15.4 Å². The van der Waals surface area contributed by atoms with Crippen LogP contribution in [-0.4, -0.2) is 44.1 Å². The molecule has 26 heavy (non-hydrogen) atoms. The summed E-state index contributed by atoms with van der Waals surface area (Å²) in [6.45, 7) is 0.602. The van der Waals surface area contributed by atoms with Crippen LogP contribution in [0.4, 0.5) is 5.69 Å². The van der Waals surface area contributed by atoms with Crippen LogP contribution >= 0.6 is 11.3 Å². The zero-order chi connectivity index (χ0) is 17.9. The Kier molecular flexibility index (Phi) is 4.49. The van der Waals surface area contributed by atoms with Gasteiger partial charge in [-0.3, -0.25) is 9.59 Å². The van der Waals surface area contributed by atoms with Gasteiger partial charge in [-0.15, -0.1) is 11.3 Å². The van der Waals surface area contributed by atoms with Crippen molar-refractivity contribution in [3.8, 4) is 5.82 Å². The summed E-state index contributed by atoms with van der Waals surface area (Å²) < 4.78 is 1.64. The van der Waals surface area contributed by atoms with Gasteiger partial charge in [0.25, 0.3) is 5.91 Å². The van der Waals surface area contributed by atoms with Crippen molar-refractivity contribution >= 4 is 28.8 Å². The van der Waals surface area contributed by atoms with Crippen LogP contribution in [0.2, 0.25) is 0 Å². The van der Waals surface area contributed by atoms with E-state index in [9.17, 15) is 9.59 Å². The second-order valence-electron chi connectivity index (χ2n) is 5.98. The molecule has 1 atom stereocenters. The number of pyridine rings is 1. The third-order valence-corrected chi connectivity index (χ3v) is 5.16. The third-order valence-electron chi connectivity index (χ3n) is 4.30. The third kappa shape index (κ3) is 3.23. The Balaban J connectivity index is 1.44. The first-order chi connectivity index (χ1) is 12.7. The van der Waals surface area contributed by atoms with Gasteiger partial charge in [0.15, 0.2) is 5.82 Å². The lowest BCUT2D eigenvalue weighted by atomic mass is 10.2. The number of amides is 2. The van der Waals surface area contributed by atoms with E-state index in [1.165, 1.54) is 11.3 Å². The van der Waals surface area contributed by atoms with Gasteiger partial charge >= 0.3 is 0 Å². The number of hydrogen-bond donors (Lipinski definition) is 1. The summed E-state index contributed by atoms with van der Waals surface area (Å²) in [6, 6.07) is 8.56. The Morgan fingerprint density at radius 1 is 1.23 bits per heavy atom. The zero-order valence-corrected chi connectivity index (χ0v) is 14.7. The molecule has 1 saturated heterocycles. The highest BCUT2D eigenvalue weighted by Crippen LogP contribution is 2.23. The number of rotatable bonds is 4. The number of carbonyl (C=O) groups excluding carboxylic acids is 2. The van der Waals surface area contributed by atoms with Crippen molar-refractivity contribution in [2.24, 2.45) is 0 Å². The number of thiophene rings is 1. The maximum Gasteiger partial charge on any atom is 0.264 e. The molecule has 0 aliphatic carbocycles. The first-order valence-corrected chi connectivity index (χ1v) is 9.22. The van der Waals surface area contributed by atoms with E-state index in [4.69, 9.17) is 0 Å². The predicted molar refractivity (Wildman–Crippen MR) is 98.4 cm³/mol. The predicted octanol–water partition coefficient (Wildman–Crippen LogP) is 2.57. The molecule has 0 saturated carbocycles. The van der Waals surface area contributed by atoms with Gasteiger partial charge in [-0.05, 0) is 42.5 Å². The number of carbonyl (C=O) groups is 2. The molecule has 1 N–H and O–H groups in total. The smallest absolute Gasteiger partial charge is 0.264 e. The van der Waals surface area contributed by atoms with Gasteiger partial charge in [-0.25, -0.2) is 9.67 Å². The number of aromatic nitrogens is 3. The van der Waals surface area contributed by atoms with Crippen molar-refractivity contribution < 1.29 is 9.59 Å². The zero-order valence-electron chi connectivity index (χ0n) is 13.9.